The molecular weight excluding hydrogens is 120 g/mol. The van der Waals surface area contributed by atoms with Crippen LogP contribution in [0.5, 0.6) is 0 Å². The molecule has 10 heavy (non-hydrogen) atoms. The minimum Gasteiger partial charge on any atom is -0.0958 e. The van der Waals surface area contributed by atoms with Crippen LogP contribution in [0.3, 0.4) is 0 Å². The van der Waals surface area contributed by atoms with E-state index in [-0.39, 0.29) is 0 Å². The third kappa shape index (κ3) is 3.49. The van der Waals surface area contributed by atoms with Gasteiger partial charge in [-0.05, 0) is 32.3 Å². The average Bonchev–Trinajstić information content (AvgIpc) is 1.89. The summed E-state index contributed by atoms with van der Waals surface area (Å²) < 4.78 is 0. The fourth-order valence-electron chi connectivity index (χ4n) is 0.971. The van der Waals surface area contributed by atoms with E-state index in [4.69, 9.17) is 0 Å². The summed E-state index contributed by atoms with van der Waals surface area (Å²) in [5.41, 5.74) is 2.64. The Labute approximate surface area is 64.6 Å². The molecular formula is C10H18. The van der Waals surface area contributed by atoms with Gasteiger partial charge in [-0.25, -0.2) is 0 Å². The van der Waals surface area contributed by atoms with E-state index in [1.807, 2.05) is 0 Å². The van der Waals surface area contributed by atoms with Crippen molar-refractivity contribution in [2.24, 2.45) is 0 Å². The molecule has 0 aromatic heterocycles. The molecule has 0 aliphatic heterocycles. The summed E-state index contributed by atoms with van der Waals surface area (Å²) in [6, 6.07) is 0. The molecule has 0 saturated heterocycles. The van der Waals surface area contributed by atoms with Gasteiger partial charge in [-0.2, -0.15) is 0 Å². The Morgan fingerprint density at radius 3 is 2.40 bits per heavy atom. The van der Waals surface area contributed by atoms with Crippen LogP contribution in [0.1, 0.15) is 40.0 Å². The molecule has 0 N–H and O–H groups in total. The van der Waals surface area contributed by atoms with Gasteiger partial charge in [-0.15, -0.1) is 0 Å². The second kappa shape index (κ2) is 5.28. The van der Waals surface area contributed by atoms with Crippen LogP contribution >= 0.6 is 0 Å². The highest BCUT2D eigenvalue weighted by Gasteiger charge is 1.94. The van der Waals surface area contributed by atoms with Crippen molar-refractivity contribution in [3.63, 3.8) is 0 Å². The molecule has 0 aliphatic rings. The van der Waals surface area contributed by atoms with Gasteiger partial charge in [0, 0.05) is 0 Å². The summed E-state index contributed by atoms with van der Waals surface area (Å²) in [6.07, 6.45) is 5.91. The minimum atomic E-state index is 1.20. The Balaban J connectivity index is 3.74. The molecule has 0 nitrogen and oxygen atoms in total. The fraction of sp³-hybridized carbons (Fsp3) is 0.600. The first-order valence-electron chi connectivity index (χ1n) is 4.03. The maximum atomic E-state index is 3.91. The predicted octanol–water partition coefficient (Wildman–Crippen LogP) is 3.70. The molecule has 0 rings (SSSR count). The van der Waals surface area contributed by atoms with Gasteiger partial charge < -0.3 is 0 Å². The molecule has 0 heterocycles. The first kappa shape index (κ1) is 9.48. The average molecular weight is 138 g/mol. The molecule has 0 aliphatic carbocycles. The molecule has 0 aromatic rings. The van der Waals surface area contributed by atoms with E-state index >= 15 is 0 Å². The summed E-state index contributed by atoms with van der Waals surface area (Å²) in [4.78, 5) is 0. The molecule has 0 radical (unpaired) electrons. The monoisotopic (exact) mass is 138 g/mol. The van der Waals surface area contributed by atoms with Crippen LogP contribution in [-0.2, 0) is 0 Å². The van der Waals surface area contributed by atoms with Crippen molar-refractivity contribution >= 4 is 0 Å². The lowest BCUT2D eigenvalue weighted by atomic mass is 10.0. The molecule has 58 valence electrons. The van der Waals surface area contributed by atoms with E-state index in [0.29, 0.717) is 0 Å². The zero-order valence-electron chi connectivity index (χ0n) is 7.41. The van der Waals surface area contributed by atoms with Gasteiger partial charge in [0.1, 0.15) is 0 Å². The topological polar surface area (TPSA) is 0 Å². The lowest BCUT2D eigenvalue weighted by Gasteiger charge is -2.03. The Morgan fingerprint density at radius 2 is 2.10 bits per heavy atom. The normalized spacial score (nSPS) is 11.7. The van der Waals surface area contributed by atoms with E-state index in [1.165, 1.54) is 30.4 Å². The number of rotatable bonds is 4. The van der Waals surface area contributed by atoms with Crippen molar-refractivity contribution in [3.8, 4) is 0 Å². The smallest absolute Gasteiger partial charge is 0.0280 e. The Hall–Kier alpha value is -0.520. The van der Waals surface area contributed by atoms with Crippen LogP contribution in [-0.4, -0.2) is 0 Å². The Morgan fingerprint density at radius 1 is 1.50 bits per heavy atom. The van der Waals surface area contributed by atoms with Gasteiger partial charge >= 0.3 is 0 Å². The second-order valence-electron chi connectivity index (χ2n) is 2.70. The number of allylic oxidation sites excluding steroid dienone is 3. The standard InChI is InChI=1S/C10H18/c1-5-7-8-10(6-2)9(3)4/h6H,3,5,7-8H2,1-2,4H3. The summed E-state index contributed by atoms with van der Waals surface area (Å²) in [5, 5.41) is 0. The third-order valence-corrected chi connectivity index (χ3v) is 1.70. The summed E-state index contributed by atoms with van der Waals surface area (Å²) in [6.45, 7) is 10.3. The molecule has 0 atom stereocenters. The van der Waals surface area contributed by atoms with E-state index < -0.39 is 0 Å². The van der Waals surface area contributed by atoms with Crippen molar-refractivity contribution in [2.75, 3.05) is 0 Å². The van der Waals surface area contributed by atoms with Crippen LogP contribution in [0, 0.1) is 0 Å². The first-order chi connectivity index (χ1) is 4.72. The van der Waals surface area contributed by atoms with Crippen molar-refractivity contribution in [3.05, 3.63) is 23.8 Å². The Kier molecular flexibility index (Phi) is 5.00. The summed E-state index contributed by atoms with van der Waals surface area (Å²) in [7, 11) is 0. The van der Waals surface area contributed by atoms with Gasteiger partial charge in [0.25, 0.3) is 0 Å². The molecule has 0 bridgehead atoms. The van der Waals surface area contributed by atoms with Crippen LogP contribution in [0.4, 0.5) is 0 Å². The summed E-state index contributed by atoms with van der Waals surface area (Å²) in [5.74, 6) is 0. The maximum absolute atomic E-state index is 3.91. The molecule has 0 spiro atoms. The predicted molar refractivity (Wildman–Crippen MR) is 48.1 cm³/mol. The van der Waals surface area contributed by atoms with Crippen LogP contribution in [0.25, 0.3) is 0 Å². The molecule has 0 fully saturated rings. The molecule has 0 unspecified atom stereocenters. The van der Waals surface area contributed by atoms with Gasteiger partial charge in [0.15, 0.2) is 0 Å². The van der Waals surface area contributed by atoms with E-state index in [0.717, 1.165) is 0 Å². The fourth-order valence-corrected chi connectivity index (χ4v) is 0.971. The maximum Gasteiger partial charge on any atom is -0.0280 e. The number of hydrogen-bond acceptors (Lipinski definition) is 0. The quantitative estimate of drug-likeness (QED) is 0.520. The number of unbranched alkanes of at least 4 members (excludes halogenated alkanes) is 1. The highest BCUT2D eigenvalue weighted by Crippen LogP contribution is 2.14. The lowest BCUT2D eigenvalue weighted by molar-refractivity contribution is 0.791. The van der Waals surface area contributed by atoms with Crippen molar-refractivity contribution in [1.29, 1.82) is 0 Å². The third-order valence-electron chi connectivity index (χ3n) is 1.70. The van der Waals surface area contributed by atoms with Crippen molar-refractivity contribution < 1.29 is 0 Å². The van der Waals surface area contributed by atoms with Crippen LogP contribution < -0.4 is 0 Å². The summed E-state index contributed by atoms with van der Waals surface area (Å²) >= 11 is 0. The largest absolute Gasteiger partial charge is 0.0958 e. The van der Waals surface area contributed by atoms with Gasteiger partial charge in [0.05, 0.1) is 0 Å². The molecule has 0 saturated carbocycles. The van der Waals surface area contributed by atoms with E-state index in [2.05, 4.69) is 33.4 Å². The van der Waals surface area contributed by atoms with Crippen molar-refractivity contribution in [2.45, 2.75) is 40.0 Å². The lowest BCUT2D eigenvalue weighted by Crippen LogP contribution is -1.83. The highest BCUT2D eigenvalue weighted by atomic mass is 14.0. The Bertz CT molecular complexity index is 129. The zero-order chi connectivity index (χ0) is 7.98. The molecule has 0 heteroatoms. The molecule has 0 aromatic carbocycles. The highest BCUT2D eigenvalue weighted by molar-refractivity contribution is 5.25. The minimum absolute atomic E-state index is 1.20. The zero-order valence-corrected chi connectivity index (χ0v) is 7.41. The first-order valence-corrected chi connectivity index (χ1v) is 4.03. The van der Waals surface area contributed by atoms with E-state index in [1.54, 1.807) is 0 Å². The number of hydrogen-bond donors (Lipinski definition) is 0. The van der Waals surface area contributed by atoms with E-state index in [9.17, 15) is 0 Å². The second-order valence-corrected chi connectivity index (χ2v) is 2.70. The SMILES string of the molecule is C=C(C)C(=CC)CCCC. The van der Waals surface area contributed by atoms with Crippen LogP contribution in [0.15, 0.2) is 23.8 Å². The molecule has 0 amide bonds. The van der Waals surface area contributed by atoms with Crippen LogP contribution in [0.2, 0.25) is 0 Å². The van der Waals surface area contributed by atoms with Gasteiger partial charge in [-0.1, -0.05) is 31.6 Å². The van der Waals surface area contributed by atoms with Gasteiger partial charge in [0.2, 0.25) is 0 Å². The van der Waals surface area contributed by atoms with Crippen molar-refractivity contribution in [1.82, 2.24) is 0 Å². The van der Waals surface area contributed by atoms with Gasteiger partial charge in [-0.3, -0.25) is 0 Å².